The average Bonchev–Trinajstić information content (AvgIpc) is 2.82. The second-order valence-corrected chi connectivity index (χ2v) is 5.54. The van der Waals surface area contributed by atoms with Crippen LogP contribution in [0.25, 0.3) is 0 Å². The Labute approximate surface area is 119 Å². The summed E-state index contributed by atoms with van der Waals surface area (Å²) in [7, 11) is 0. The van der Waals surface area contributed by atoms with Gasteiger partial charge in [0.1, 0.15) is 0 Å². The average molecular weight is 278 g/mol. The maximum Gasteiger partial charge on any atom is 0.312 e. The van der Waals surface area contributed by atoms with E-state index in [1.807, 2.05) is 6.92 Å². The van der Waals surface area contributed by atoms with Crippen LogP contribution in [0.4, 0.5) is 0 Å². The lowest BCUT2D eigenvalue weighted by molar-refractivity contribution is -0.156. The van der Waals surface area contributed by atoms with Gasteiger partial charge in [0, 0.05) is 32.4 Å². The molecule has 1 aliphatic rings. The third-order valence-corrected chi connectivity index (χ3v) is 3.49. The Morgan fingerprint density at radius 1 is 1.20 bits per heavy atom. The number of carbonyl (C=O) groups is 2. The molecule has 6 nitrogen and oxygen atoms in total. The Kier molecular flexibility index (Phi) is 4.42. The zero-order valence-electron chi connectivity index (χ0n) is 12.4. The summed E-state index contributed by atoms with van der Waals surface area (Å²) in [6.45, 7) is 9.27. The Hall–Kier alpha value is -1.85. The maximum absolute atomic E-state index is 12.1. The van der Waals surface area contributed by atoms with E-state index >= 15 is 0 Å². The number of amides is 2. The first-order valence-corrected chi connectivity index (χ1v) is 7.10. The van der Waals surface area contributed by atoms with Gasteiger partial charge in [-0.3, -0.25) is 9.59 Å². The van der Waals surface area contributed by atoms with Gasteiger partial charge in [-0.1, -0.05) is 13.8 Å². The summed E-state index contributed by atoms with van der Waals surface area (Å²) in [6, 6.07) is 0. The van der Waals surface area contributed by atoms with Crippen molar-refractivity contribution in [3.8, 4) is 0 Å². The van der Waals surface area contributed by atoms with Gasteiger partial charge in [-0.05, 0) is 12.8 Å². The highest BCUT2D eigenvalue weighted by atomic mass is 16.2. The van der Waals surface area contributed by atoms with Crippen LogP contribution in [-0.2, 0) is 22.7 Å². The Morgan fingerprint density at radius 2 is 1.85 bits per heavy atom. The second-order valence-electron chi connectivity index (χ2n) is 5.54. The molecule has 0 aromatic carbocycles. The molecule has 6 heteroatoms. The topological polar surface area (TPSA) is 58.4 Å². The Bertz CT molecular complexity index is 495. The lowest BCUT2D eigenvalue weighted by Crippen LogP contribution is -2.53. The van der Waals surface area contributed by atoms with Crippen LogP contribution in [0.1, 0.15) is 26.5 Å². The van der Waals surface area contributed by atoms with E-state index in [4.69, 9.17) is 0 Å². The van der Waals surface area contributed by atoms with Gasteiger partial charge in [0.05, 0.1) is 18.6 Å². The predicted molar refractivity (Wildman–Crippen MR) is 74.7 cm³/mol. The van der Waals surface area contributed by atoms with Crippen molar-refractivity contribution in [2.45, 2.75) is 33.9 Å². The quantitative estimate of drug-likeness (QED) is 0.746. The number of piperazine rings is 1. The van der Waals surface area contributed by atoms with Gasteiger partial charge in [-0.25, -0.2) is 4.98 Å². The molecule has 2 heterocycles. The van der Waals surface area contributed by atoms with Gasteiger partial charge in [0.25, 0.3) is 0 Å². The van der Waals surface area contributed by atoms with Crippen LogP contribution in [0.2, 0.25) is 0 Å². The van der Waals surface area contributed by atoms with Crippen molar-refractivity contribution in [1.29, 1.82) is 0 Å². The van der Waals surface area contributed by atoms with E-state index in [-0.39, 0.29) is 0 Å². The van der Waals surface area contributed by atoms with Crippen molar-refractivity contribution in [3.63, 3.8) is 0 Å². The first-order chi connectivity index (χ1) is 9.52. The molecule has 0 bridgehead atoms. The molecule has 0 aliphatic carbocycles. The first-order valence-electron chi connectivity index (χ1n) is 7.10. The van der Waals surface area contributed by atoms with E-state index in [0.29, 0.717) is 32.1 Å². The van der Waals surface area contributed by atoms with Crippen LogP contribution in [0.5, 0.6) is 0 Å². The van der Waals surface area contributed by atoms with Gasteiger partial charge >= 0.3 is 11.8 Å². The number of carbonyl (C=O) groups excluding carboxylic acids is 2. The van der Waals surface area contributed by atoms with Gasteiger partial charge in [-0.15, -0.1) is 0 Å². The van der Waals surface area contributed by atoms with Crippen molar-refractivity contribution in [2.75, 3.05) is 19.6 Å². The summed E-state index contributed by atoms with van der Waals surface area (Å²) in [5, 5.41) is 0. The van der Waals surface area contributed by atoms with E-state index in [2.05, 4.69) is 23.4 Å². The van der Waals surface area contributed by atoms with Crippen LogP contribution >= 0.6 is 0 Å². The summed E-state index contributed by atoms with van der Waals surface area (Å²) < 4.78 is 2.05. The standard InChI is InChI=1S/C14H22N4O2/c1-4-16-5-6-17(14(20)13(16)19)9-12-7-15-10-18(12)8-11(2)3/h7,10-11H,4-6,8-9H2,1-3H3. The molecule has 0 atom stereocenters. The van der Waals surface area contributed by atoms with Crippen molar-refractivity contribution >= 4 is 11.8 Å². The third kappa shape index (κ3) is 3.00. The summed E-state index contributed by atoms with van der Waals surface area (Å²) in [5.74, 6) is -0.290. The van der Waals surface area contributed by atoms with E-state index in [1.54, 1.807) is 22.3 Å². The fourth-order valence-electron chi connectivity index (χ4n) is 2.40. The molecule has 0 saturated carbocycles. The smallest absolute Gasteiger partial charge is 0.312 e. The van der Waals surface area contributed by atoms with E-state index in [9.17, 15) is 9.59 Å². The SMILES string of the molecule is CCN1CCN(Cc2cncn2CC(C)C)C(=O)C1=O. The van der Waals surface area contributed by atoms with Crippen LogP contribution in [-0.4, -0.2) is 50.8 Å². The molecule has 1 aliphatic heterocycles. The number of rotatable bonds is 5. The molecule has 0 unspecified atom stereocenters. The predicted octanol–water partition coefficient (Wildman–Crippen LogP) is 0.730. The number of likely N-dealkylation sites (N-methyl/N-ethyl adjacent to an activating group) is 1. The molecular weight excluding hydrogens is 256 g/mol. The monoisotopic (exact) mass is 278 g/mol. The highest BCUT2D eigenvalue weighted by Crippen LogP contribution is 2.12. The molecule has 110 valence electrons. The van der Waals surface area contributed by atoms with E-state index in [1.165, 1.54) is 0 Å². The third-order valence-electron chi connectivity index (χ3n) is 3.49. The molecule has 0 N–H and O–H groups in total. The molecule has 0 spiro atoms. The molecule has 1 aromatic rings. The summed E-state index contributed by atoms with van der Waals surface area (Å²) >= 11 is 0. The zero-order valence-corrected chi connectivity index (χ0v) is 12.4. The minimum atomic E-state index is -0.407. The number of hydrogen-bond acceptors (Lipinski definition) is 3. The van der Waals surface area contributed by atoms with Crippen LogP contribution in [0.3, 0.4) is 0 Å². The zero-order chi connectivity index (χ0) is 14.7. The van der Waals surface area contributed by atoms with E-state index in [0.717, 1.165) is 12.2 Å². The molecule has 2 rings (SSSR count). The van der Waals surface area contributed by atoms with Crippen LogP contribution in [0, 0.1) is 5.92 Å². The second kappa shape index (κ2) is 6.07. The Balaban J connectivity index is 2.06. The molecule has 1 aromatic heterocycles. The fraction of sp³-hybridized carbons (Fsp3) is 0.643. The normalized spacial score (nSPS) is 16.4. The Morgan fingerprint density at radius 3 is 2.50 bits per heavy atom. The number of hydrogen-bond donors (Lipinski definition) is 0. The summed E-state index contributed by atoms with van der Waals surface area (Å²) in [4.78, 5) is 31.3. The van der Waals surface area contributed by atoms with Crippen molar-refractivity contribution in [1.82, 2.24) is 19.4 Å². The lowest BCUT2D eigenvalue weighted by atomic mass is 10.2. The molecule has 1 fully saturated rings. The van der Waals surface area contributed by atoms with Gasteiger partial charge in [-0.2, -0.15) is 0 Å². The number of imidazole rings is 1. The minimum Gasteiger partial charge on any atom is -0.333 e. The summed E-state index contributed by atoms with van der Waals surface area (Å²) in [5.41, 5.74) is 0.977. The fourth-order valence-corrected chi connectivity index (χ4v) is 2.40. The maximum atomic E-state index is 12.1. The van der Waals surface area contributed by atoms with Gasteiger partial charge in [0.15, 0.2) is 0 Å². The van der Waals surface area contributed by atoms with E-state index < -0.39 is 11.8 Å². The number of aromatic nitrogens is 2. The highest BCUT2D eigenvalue weighted by molar-refractivity contribution is 6.35. The summed E-state index contributed by atoms with van der Waals surface area (Å²) in [6.07, 6.45) is 3.55. The van der Waals surface area contributed by atoms with Crippen molar-refractivity contribution in [3.05, 3.63) is 18.2 Å². The molecule has 0 radical (unpaired) electrons. The van der Waals surface area contributed by atoms with Crippen molar-refractivity contribution in [2.24, 2.45) is 5.92 Å². The lowest BCUT2D eigenvalue weighted by Gasteiger charge is -2.33. The molecule has 2 amide bonds. The first kappa shape index (κ1) is 14.6. The van der Waals surface area contributed by atoms with Gasteiger partial charge < -0.3 is 14.4 Å². The highest BCUT2D eigenvalue weighted by Gasteiger charge is 2.31. The molecular formula is C14H22N4O2. The minimum absolute atomic E-state index is 0.395. The molecule has 1 saturated heterocycles. The number of nitrogens with zero attached hydrogens (tertiary/aromatic N) is 4. The molecule has 20 heavy (non-hydrogen) atoms. The van der Waals surface area contributed by atoms with Gasteiger partial charge in [0.2, 0.25) is 0 Å². The van der Waals surface area contributed by atoms with Crippen LogP contribution < -0.4 is 0 Å². The van der Waals surface area contributed by atoms with Crippen LogP contribution in [0.15, 0.2) is 12.5 Å². The van der Waals surface area contributed by atoms with Crippen molar-refractivity contribution < 1.29 is 9.59 Å². The largest absolute Gasteiger partial charge is 0.333 e.